The van der Waals surface area contributed by atoms with Gasteiger partial charge in [-0.2, -0.15) is 0 Å². The van der Waals surface area contributed by atoms with Crippen LogP contribution in [-0.4, -0.2) is 30.3 Å². The van der Waals surface area contributed by atoms with Gasteiger partial charge in [-0.3, -0.25) is 0 Å². The Hall–Kier alpha value is -2.14. The summed E-state index contributed by atoms with van der Waals surface area (Å²) in [4.78, 5) is 14.6. The fourth-order valence-corrected chi connectivity index (χ4v) is 4.28. The highest BCUT2D eigenvalue weighted by Gasteiger charge is 2.31. The van der Waals surface area contributed by atoms with Crippen LogP contribution in [-0.2, 0) is 0 Å². The minimum absolute atomic E-state index is 0.0659. The van der Waals surface area contributed by atoms with Gasteiger partial charge in [0.1, 0.15) is 11.1 Å². The van der Waals surface area contributed by atoms with Crippen molar-refractivity contribution in [2.75, 3.05) is 24.7 Å². The maximum absolute atomic E-state index is 12.7. The zero-order chi connectivity index (χ0) is 17.1. The number of anilines is 1. The van der Waals surface area contributed by atoms with Crippen molar-refractivity contribution in [1.29, 1.82) is 0 Å². The lowest BCUT2D eigenvalue weighted by Gasteiger charge is -2.26. The normalized spacial score (nSPS) is 17.0. The lowest BCUT2D eigenvalue weighted by atomic mass is 10.1. The molecule has 0 radical (unpaired) electrons. The molecule has 126 valence electrons. The molecule has 5 heteroatoms. The van der Waals surface area contributed by atoms with E-state index in [2.05, 4.69) is 37.4 Å². The van der Waals surface area contributed by atoms with Crippen molar-refractivity contribution in [2.24, 2.45) is 0 Å². The largest absolute Gasteiger partial charge is 0.497 e. The maximum atomic E-state index is 12.7. The molecule has 2 aromatic carbocycles. The average Bonchev–Trinajstić information content (AvgIpc) is 3.04. The molecule has 4 nitrogen and oxygen atoms in total. The molecule has 1 fully saturated rings. The van der Waals surface area contributed by atoms with Crippen molar-refractivity contribution >= 4 is 23.5 Å². The van der Waals surface area contributed by atoms with Crippen LogP contribution in [0.3, 0.4) is 0 Å². The van der Waals surface area contributed by atoms with Crippen LogP contribution < -0.4 is 10.1 Å². The second-order valence-corrected chi connectivity index (χ2v) is 7.13. The molecule has 24 heavy (non-hydrogen) atoms. The first-order valence-electron chi connectivity index (χ1n) is 7.99. The van der Waals surface area contributed by atoms with Crippen LogP contribution >= 0.6 is 11.8 Å². The highest BCUT2D eigenvalue weighted by molar-refractivity contribution is 7.99. The summed E-state index contributed by atoms with van der Waals surface area (Å²) in [5, 5.41) is 3.05. The lowest BCUT2D eigenvalue weighted by molar-refractivity contribution is 0.214. The molecule has 0 saturated carbocycles. The number of hydrogen-bond donors (Lipinski definition) is 1. The molecule has 1 aliphatic heterocycles. The van der Waals surface area contributed by atoms with Gasteiger partial charge in [-0.25, -0.2) is 4.79 Å². The molecule has 1 N–H and O–H groups in total. The minimum atomic E-state index is -0.0711. The third kappa shape index (κ3) is 3.51. The number of carbonyl (C=O) groups excluding carboxylic acids is 1. The summed E-state index contributed by atoms with van der Waals surface area (Å²) in [5.41, 5.74) is 4.43. The van der Waals surface area contributed by atoms with E-state index in [9.17, 15) is 4.79 Å². The zero-order valence-corrected chi connectivity index (χ0v) is 15.0. The smallest absolute Gasteiger partial charge is 0.323 e. The fourth-order valence-electron chi connectivity index (χ4n) is 2.93. The van der Waals surface area contributed by atoms with Crippen LogP contribution in [0.15, 0.2) is 42.5 Å². The quantitative estimate of drug-likeness (QED) is 0.887. The van der Waals surface area contributed by atoms with Gasteiger partial charge in [0.2, 0.25) is 0 Å². The number of hydrogen-bond acceptors (Lipinski definition) is 3. The molecule has 2 aromatic rings. The molecule has 1 saturated heterocycles. The number of ether oxygens (including phenoxy) is 1. The Balaban J connectivity index is 1.78. The predicted octanol–water partition coefficient (Wildman–Crippen LogP) is 4.59. The molecular formula is C19H22N2O2S. The van der Waals surface area contributed by atoms with Gasteiger partial charge in [-0.15, -0.1) is 11.8 Å². The monoisotopic (exact) mass is 342 g/mol. The van der Waals surface area contributed by atoms with E-state index in [-0.39, 0.29) is 11.4 Å². The third-order valence-corrected chi connectivity index (χ3v) is 5.41. The number of nitrogens with zero attached hydrogens (tertiary/aromatic N) is 1. The van der Waals surface area contributed by atoms with Crippen LogP contribution in [0, 0.1) is 13.8 Å². The van der Waals surface area contributed by atoms with Crippen molar-refractivity contribution < 1.29 is 9.53 Å². The molecule has 1 atom stereocenters. The summed E-state index contributed by atoms with van der Waals surface area (Å²) in [5.74, 6) is 1.68. The van der Waals surface area contributed by atoms with E-state index in [0.29, 0.717) is 0 Å². The summed E-state index contributed by atoms with van der Waals surface area (Å²) >= 11 is 1.81. The Morgan fingerprint density at radius 2 is 2.08 bits per heavy atom. The summed E-state index contributed by atoms with van der Waals surface area (Å²) in [6.45, 7) is 4.95. The van der Waals surface area contributed by atoms with E-state index < -0.39 is 0 Å². The number of carbonyl (C=O) groups is 1. The number of amides is 2. The molecule has 1 aliphatic rings. The predicted molar refractivity (Wildman–Crippen MR) is 99.8 cm³/mol. The number of methoxy groups -OCH3 is 1. The first kappa shape index (κ1) is 16.7. The van der Waals surface area contributed by atoms with Crippen LogP contribution in [0.1, 0.15) is 22.1 Å². The molecule has 0 bridgehead atoms. The number of nitrogens with one attached hydrogen (secondary N) is 1. The van der Waals surface area contributed by atoms with Crippen molar-refractivity contribution in [3.05, 3.63) is 59.2 Å². The van der Waals surface area contributed by atoms with Gasteiger partial charge in [0.15, 0.2) is 0 Å². The third-order valence-electron chi connectivity index (χ3n) is 4.16. The van der Waals surface area contributed by atoms with Gasteiger partial charge in [-0.1, -0.05) is 29.8 Å². The lowest BCUT2D eigenvalue weighted by Crippen LogP contribution is -2.34. The highest BCUT2D eigenvalue weighted by Crippen LogP contribution is 2.39. The topological polar surface area (TPSA) is 41.6 Å². The average molecular weight is 342 g/mol. The van der Waals surface area contributed by atoms with Crippen LogP contribution in [0.4, 0.5) is 10.5 Å². The Bertz CT molecular complexity index is 748. The number of aryl methyl sites for hydroxylation is 2. The fraction of sp³-hybridized carbons (Fsp3) is 0.316. The van der Waals surface area contributed by atoms with Crippen molar-refractivity contribution in [2.45, 2.75) is 19.2 Å². The summed E-state index contributed by atoms with van der Waals surface area (Å²) in [7, 11) is 1.62. The Morgan fingerprint density at radius 3 is 2.83 bits per heavy atom. The van der Waals surface area contributed by atoms with E-state index in [1.807, 2.05) is 40.9 Å². The maximum Gasteiger partial charge on any atom is 0.323 e. The number of thioether (sulfide) groups is 1. The van der Waals surface area contributed by atoms with Gasteiger partial charge in [0.25, 0.3) is 0 Å². The Kier molecular flexibility index (Phi) is 5.00. The minimum Gasteiger partial charge on any atom is -0.497 e. The number of rotatable bonds is 3. The summed E-state index contributed by atoms with van der Waals surface area (Å²) in [6.07, 6.45) is 0. The van der Waals surface area contributed by atoms with E-state index in [1.165, 1.54) is 16.7 Å². The highest BCUT2D eigenvalue weighted by atomic mass is 32.2. The van der Waals surface area contributed by atoms with Gasteiger partial charge in [0.05, 0.1) is 7.11 Å². The van der Waals surface area contributed by atoms with Crippen LogP contribution in [0.2, 0.25) is 0 Å². The summed E-state index contributed by atoms with van der Waals surface area (Å²) in [6, 6.07) is 13.8. The molecule has 0 unspecified atom stereocenters. The molecular weight excluding hydrogens is 320 g/mol. The standard InChI is InChI=1S/C19H22N2O2S/c1-13-7-8-17(14(2)11-13)18-21(9-10-24-18)19(22)20-15-5-4-6-16(12-15)23-3/h4-8,11-12,18H,9-10H2,1-3H3,(H,20,22)/t18-/m1/s1. The van der Waals surface area contributed by atoms with Crippen molar-refractivity contribution in [3.63, 3.8) is 0 Å². The zero-order valence-electron chi connectivity index (χ0n) is 14.2. The van der Waals surface area contributed by atoms with Gasteiger partial charge in [0, 0.05) is 24.1 Å². The SMILES string of the molecule is COc1cccc(NC(=O)N2CCS[C@@H]2c2ccc(C)cc2C)c1. The first-order chi connectivity index (χ1) is 11.6. The Morgan fingerprint density at radius 1 is 1.25 bits per heavy atom. The molecule has 0 spiro atoms. The van der Waals surface area contributed by atoms with E-state index in [1.54, 1.807) is 7.11 Å². The van der Waals surface area contributed by atoms with Gasteiger partial charge in [-0.05, 0) is 37.1 Å². The van der Waals surface area contributed by atoms with E-state index in [4.69, 9.17) is 4.74 Å². The van der Waals surface area contributed by atoms with E-state index in [0.717, 1.165) is 23.7 Å². The molecule has 0 aromatic heterocycles. The molecule has 3 rings (SSSR count). The molecule has 1 heterocycles. The van der Waals surface area contributed by atoms with Gasteiger partial charge >= 0.3 is 6.03 Å². The van der Waals surface area contributed by atoms with Crippen molar-refractivity contribution in [3.8, 4) is 5.75 Å². The summed E-state index contributed by atoms with van der Waals surface area (Å²) < 4.78 is 5.21. The molecule has 0 aliphatic carbocycles. The Labute approximate surface area is 147 Å². The first-order valence-corrected chi connectivity index (χ1v) is 9.04. The second-order valence-electron chi connectivity index (χ2n) is 5.94. The number of benzene rings is 2. The van der Waals surface area contributed by atoms with Crippen molar-refractivity contribution in [1.82, 2.24) is 4.90 Å². The second kappa shape index (κ2) is 7.18. The van der Waals surface area contributed by atoms with Crippen LogP contribution in [0.25, 0.3) is 0 Å². The van der Waals surface area contributed by atoms with E-state index >= 15 is 0 Å². The van der Waals surface area contributed by atoms with Crippen LogP contribution in [0.5, 0.6) is 5.75 Å². The van der Waals surface area contributed by atoms with Gasteiger partial charge < -0.3 is 15.0 Å². The number of urea groups is 1. The molecule has 2 amide bonds.